The first kappa shape index (κ1) is 13.0. The summed E-state index contributed by atoms with van der Waals surface area (Å²) in [6, 6.07) is 4.77. The van der Waals surface area contributed by atoms with E-state index < -0.39 is 0 Å². The van der Waals surface area contributed by atoms with Gasteiger partial charge in [0.2, 0.25) is 0 Å². The molecule has 2 aromatic rings. The molecule has 0 aliphatic rings. The third kappa shape index (κ3) is 3.30. The maximum absolute atomic E-state index is 13.0. The molecule has 1 aromatic carbocycles. The second-order valence-electron chi connectivity index (χ2n) is 3.82. The number of nitrogens with one attached hydrogen (secondary N) is 1. The molecule has 0 amide bonds. The van der Waals surface area contributed by atoms with Crippen molar-refractivity contribution in [3.8, 4) is 0 Å². The third-order valence-corrected chi connectivity index (χ3v) is 3.04. The molecule has 0 bridgehead atoms. The number of aromatic nitrogens is 2. The van der Waals surface area contributed by atoms with Gasteiger partial charge in [-0.25, -0.2) is 4.39 Å². The number of anilines is 1. The van der Waals surface area contributed by atoms with Gasteiger partial charge in [-0.2, -0.15) is 5.10 Å². The van der Waals surface area contributed by atoms with Gasteiger partial charge in [-0.15, -0.1) is 0 Å². The van der Waals surface area contributed by atoms with Crippen LogP contribution in [-0.4, -0.2) is 21.5 Å². The molecule has 0 saturated carbocycles. The summed E-state index contributed by atoms with van der Waals surface area (Å²) in [6.45, 7) is 1.16. The van der Waals surface area contributed by atoms with E-state index in [1.165, 1.54) is 6.07 Å². The van der Waals surface area contributed by atoms with Crippen LogP contribution < -0.4 is 5.32 Å². The highest BCUT2D eigenvalue weighted by Gasteiger charge is 2.01. The SMILES string of the molecule is OCCn1cc(CNc2ccc(F)c(Br)c2)cn1. The first-order chi connectivity index (χ1) is 8.69. The minimum Gasteiger partial charge on any atom is -0.394 e. The molecule has 2 N–H and O–H groups in total. The fourth-order valence-corrected chi connectivity index (χ4v) is 1.91. The molecular formula is C12H13BrFN3O. The molecule has 0 spiro atoms. The first-order valence-electron chi connectivity index (χ1n) is 5.50. The van der Waals surface area contributed by atoms with Gasteiger partial charge in [0.15, 0.2) is 0 Å². The normalized spacial score (nSPS) is 10.6. The van der Waals surface area contributed by atoms with Crippen molar-refractivity contribution in [2.45, 2.75) is 13.1 Å². The zero-order chi connectivity index (χ0) is 13.0. The molecule has 0 saturated heterocycles. The van der Waals surface area contributed by atoms with Crippen molar-refractivity contribution in [2.24, 2.45) is 0 Å². The van der Waals surface area contributed by atoms with Crippen molar-refractivity contribution in [3.05, 3.63) is 46.4 Å². The summed E-state index contributed by atoms with van der Waals surface area (Å²) < 4.78 is 15.2. The molecule has 6 heteroatoms. The lowest BCUT2D eigenvalue weighted by atomic mass is 10.3. The van der Waals surface area contributed by atoms with Crippen molar-refractivity contribution >= 4 is 21.6 Å². The Morgan fingerprint density at radius 3 is 3.00 bits per heavy atom. The van der Waals surface area contributed by atoms with Crippen molar-refractivity contribution in [3.63, 3.8) is 0 Å². The Hall–Kier alpha value is -1.40. The van der Waals surface area contributed by atoms with E-state index in [0.29, 0.717) is 17.6 Å². The van der Waals surface area contributed by atoms with Crippen LogP contribution >= 0.6 is 15.9 Å². The van der Waals surface area contributed by atoms with Crippen LogP contribution in [0.4, 0.5) is 10.1 Å². The van der Waals surface area contributed by atoms with Gasteiger partial charge in [-0.1, -0.05) is 0 Å². The first-order valence-corrected chi connectivity index (χ1v) is 6.29. The standard InChI is InChI=1S/C12H13BrFN3O/c13-11-5-10(1-2-12(11)14)15-6-9-7-16-17(8-9)3-4-18/h1-2,5,7-8,15,18H,3-4,6H2. The Morgan fingerprint density at radius 2 is 2.28 bits per heavy atom. The summed E-state index contributed by atoms with van der Waals surface area (Å²) in [5, 5.41) is 16.0. The van der Waals surface area contributed by atoms with Crippen LogP contribution in [-0.2, 0) is 13.1 Å². The molecule has 18 heavy (non-hydrogen) atoms. The van der Waals surface area contributed by atoms with E-state index >= 15 is 0 Å². The molecule has 96 valence electrons. The molecule has 0 atom stereocenters. The number of rotatable bonds is 5. The summed E-state index contributed by atoms with van der Waals surface area (Å²) in [6.07, 6.45) is 3.60. The second-order valence-corrected chi connectivity index (χ2v) is 4.67. The van der Waals surface area contributed by atoms with Gasteiger partial charge in [-0.05, 0) is 34.1 Å². The summed E-state index contributed by atoms with van der Waals surface area (Å²) >= 11 is 3.14. The highest BCUT2D eigenvalue weighted by atomic mass is 79.9. The molecule has 1 heterocycles. The van der Waals surface area contributed by atoms with Crippen molar-refractivity contribution in [1.29, 1.82) is 0 Å². The van der Waals surface area contributed by atoms with E-state index in [-0.39, 0.29) is 12.4 Å². The van der Waals surface area contributed by atoms with Crippen LogP contribution in [0.2, 0.25) is 0 Å². The summed E-state index contributed by atoms with van der Waals surface area (Å²) in [7, 11) is 0. The number of hydrogen-bond acceptors (Lipinski definition) is 3. The number of aliphatic hydroxyl groups excluding tert-OH is 1. The minimum absolute atomic E-state index is 0.0689. The Bertz CT molecular complexity index is 530. The van der Waals surface area contributed by atoms with E-state index in [9.17, 15) is 4.39 Å². The molecule has 0 fully saturated rings. The van der Waals surface area contributed by atoms with E-state index in [1.807, 2.05) is 6.20 Å². The average Bonchev–Trinajstić information content (AvgIpc) is 2.79. The Morgan fingerprint density at radius 1 is 1.44 bits per heavy atom. The van der Waals surface area contributed by atoms with Crippen LogP contribution in [0.1, 0.15) is 5.56 Å². The second kappa shape index (κ2) is 5.97. The quantitative estimate of drug-likeness (QED) is 0.891. The van der Waals surface area contributed by atoms with Gasteiger partial charge in [0.25, 0.3) is 0 Å². The van der Waals surface area contributed by atoms with E-state index in [0.717, 1.165) is 11.3 Å². The van der Waals surface area contributed by atoms with Crippen LogP contribution in [0.3, 0.4) is 0 Å². The maximum Gasteiger partial charge on any atom is 0.137 e. The predicted molar refractivity (Wildman–Crippen MR) is 70.7 cm³/mol. The molecule has 1 aromatic heterocycles. The Kier molecular flexibility index (Phi) is 4.33. The molecule has 0 radical (unpaired) electrons. The maximum atomic E-state index is 13.0. The lowest BCUT2D eigenvalue weighted by molar-refractivity contribution is 0.269. The number of halogens is 2. The monoisotopic (exact) mass is 313 g/mol. The Labute approximate surface area is 113 Å². The van der Waals surface area contributed by atoms with Crippen LogP contribution in [0.5, 0.6) is 0 Å². The van der Waals surface area contributed by atoms with Crippen LogP contribution in [0.25, 0.3) is 0 Å². The van der Waals surface area contributed by atoms with E-state index in [2.05, 4.69) is 26.3 Å². The van der Waals surface area contributed by atoms with Gasteiger partial charge in [0, 0.05) is 24.0 Å². The highest BCUT2D eigenvalue weighted by molar-refractivity contribution is 9.10. The molecule has 0 aliphatic carbocycles. The average molecular weight is 314 g/mol. The molecular weight excluding hydrogens is 301 g/mol. The molecule has 0 unspecified atom stereocenters. The number of hydrogen-bond donors (Lipinski definition) is 2. The summed E-state index contributed by atoms with van der Waals surface area (Å²) in [5.41, 5.74) is 1.84. The number of nitrogens with zero attached hydrogens (tertiary/aromatic N) is 2. The fraction of sp³-hybridized carbons (Fsp3) is 0.250. The van der Waals surface area contributed by atoms with E-state index in [1.54, 1.807) is 23.0 Å². The molecule has 4 nitrogen and oxygen atoms in total. The zero-order valence-electron chi connectivity index (χ0n) is 9.61. The number of aliphatic hydroxyl groups is 1. The zero-order valence-corrected chi connectivity index (χ0v) is 11.2. The van der Waals surface area contributed by atoms with Gasteiger partial charge in [0.05, 0.1) is 23.8 Å². The lowest BCUT2D eigenvalue weighted by Gasteiger charge is -2.05. The van der Waals surface area contributed by atoms with Crippen LogP contribution in [0, 0.1) is 5.82 Å². The smallest absolute Gasteiger partial charge is 0.137 e. The summed E-state index contributed by atoms with van der Waals surface area (Å²) in [4.78, 5) is 0. The van der Waals surface area contributed by atoms with Crippen molar-refractivity contribution < 1.29 is 9.50 Å². The predicted octanol–water partition coefficient (Wildman–Crippen LogP) is 2.39. The van der Waals surface area contributed by atoms with Gasteiger partial charge in [-0.3, -0.25) is 4.68 Å². The van der Waals surface area contributed by atoms with Gasteiger partial charge >= 0.3 is 0 Å². The van der Waals surface area contributed by atoms with Crippen molar-refractivity contribution in [2.75, 3.05) is 11.9 Å². The summed E-state index contributed by atoms with van der Waals surface area (Å²) in [5.74, 6) is -0.281. The largest absolute Gasteiger partial charge is 0.394 e. The van der Waals surface area contributed by atoms with Crippen molar-refractivity contribution in [1.82, 2.24) is 9.78 Å². The fourth-order valence-electron chi connectivity index (χ4n) is 1.53. The van der Waals surface area contributed by atoms with E-state index in [4.69, 9.17) is 5.11 Å². The minimum atomic E-state index is -0.281. The lowest BCUT2D eigenvalue weighted by Crippen LogP contribution is -2.02. The van der Waals surface area contributed by atoms with Gasteiger partial charge < -0.3 is 10.4 Å². The molecule has 2 rings (SSSR count). The van der Waals surface area contributed by atoms with Gasteiger partial charge in [0.1, 0.15) is 5.82 Å². The topological polar surface area (TPSA) is 50.1 Å². The third-order valence-electron chi connectivity index (χ3n) is 2.43. The highest BCUT2D eigenvalue weighted by Crippen LogP contribution is 2.20. The Balaban J connectivity index is 1.95. The van der Waals surface area contributed by atoms with Crippen LogP contribution in [0.15, 0.2) is 35.1 Å². The molecule has 0 aliphatic heterocycles. The number of benzene rings is 1.